The number of piperidine rings is 1. The molecule has 0 bridgehead atoms. The zero-order valence-electron chi connectivity index (χ0n) is 8.47. The van der Waals surface area contributed by atoms with Crippen LogP contribution < -0.4 is 4.90 Å². The molecule has 2 rings (SSSR count). The molecule has 16 heavy (non-hydrogen) atoms. The van der Waals surface area contributed by atoms with Crippen LogP contribution in [0.1, 0.15) is 12.8 Å². The molecule has 0 unspecified atom stereocenters. The third-order valence-electron chi connectivity index (χ3n) is 2.65. The fourth-order valence-corrected chi connectivity index (χ4v) is 2.21. The smallest absolute Gasteiger partial charge is 0.160 e. The van der Waals surface area contributed by atoms with E-state index in [4.69, 9.17) is 23.2 Å². The summed E-state index contributed by atoms with van der Waals surface area (Å²) in [7, 11) is 0. The monoisotopic (exact) mass is 261 g/mol. The van der Waals surface area contributed by atoms with Gasteiger partial charge in [0.25, 0.3) is 0 Å². The van der Waals surface area contributed by atoms with Gasteiger partial charge in [-0.2, -0.15) is 0 Å². The van der Waals surface area contributed by atoms with Crippen LogP contribution in [0, 0.1) is 5.82 Å². The lowest BCUT2D eigenvalue weighted by Crippen LogP contribution is -2.33. The van der Waals surface area contributed by atoms with Crippen molar-refractivity contribution >= 4 is 34.7 Å². The Morgan fingerprint density at radius 2 is 1.62 bits per heavy atom. The van der Waals surface area contributed by atoms with E-state index >= 15 is 0 Å². The van der Waals surface area contributed by atoms with Crippen molar-refractivity contribution in [1.29, 1.82) is 0 Å². The maximum atomic E-state index is 13.2. The van der Waals surface area contributed by atoms with Crippen LogP contribution in [0.25, 0.3) is 0 Å². The van der Waals surface area contributed by atoms with Gasteiger partial charge in [0, 0.05) is 31.6 Å². The quantitative estimate of drug-likeness (QED) is 0.724. The van der Waals surface area contributed by atoms with E-state index in [2.05, 4.69) is 0 Å². The van der Waals surface area contributed by atoms with Crippen molar-refractivity contribution in [3.8, 4) is 0 Å². The highest BCUT2D eigenvalue weighted by Gasteiger charge is 2.18. The van der Waals surface area contributed by atoms with E-state index in [1.54, 1.807) is 12.1 Å². The Balaban J connectivity index is 2.24. The van der Waals surface area contributed by atoms with Crippen LogP contribution in [0.5, 0.6) is 0 Å². The second-order valence-electron chi connectivity index (χ2n) is 3.75. The molecular formula is C11H10Cl2FNO. The fourth-order valence-electron chi connectivity index (χ4n) is 1.74. The average Bonchev–Trinajstić information content (AvgIpc) is 2.26. The molecule has 1 aliphatic rings. The first-order valence-electron chi connectivity index (χ1n) is 4.99. The van der Waals surface area contributed by atoms with E-state index in [0.717, 1.165) is 5.69 Å². The maximum Gasteiger partial charge on any atom is 0.160 e. The first-order chi connectivity index (χ1) is 7.58. The number of carbonyl (C=O) groups is 1. The second kappa shape index (κ2) is 4.60. The Morgan fingerprint density at radius 3 is 2.12 bits per heavy atom. The van der Waals surface area contributed by atoms with Gasteiger partial charge < -0.3 is 4.90 Å². The summed E-state index contributed by atoms with van der Waals surface area (Å²) < 4.78 is 13.2. The highest BCUT2D eigenvalue weighted by molar-refractivity contribution is 6.35. The topological polar surface area (TPSA) is 20.3 Å². The number of ketones is 1. The molecule has 1 aromatic rings. The minimum absolute atomic E-state index is 0.0133. The number of hydrogen-bond donors (Lipinski definition) is 0. The predicted octanol–water partition coefficient (Wildman–Crippen LogP) is 3.30. The molecule has 1 aromatic carbocycles. The van der Waals surface area contributed by atoms with Crippen molar-refractivity contribution in [2.24, 2.45) is 0 Å². The molecule has 5 heteroatoms. The van der Waals surface area contributed by atoms with Gasteiger partial charge in [0.1, 0.15) is 5.78 Å². The SMILES string of the molecule is O=C1CCN(c2cc(Cl)c(F)c(Cl)c2)CC1. The van der Waals surface area contributed by atoms with Crippen molar-refractivity contribution < 1.29 is 9.18 Å². The minimum Gasteiger partial charge on any atom is -0.371 e. The third-order valence-corrected chi connectivity index (χ3v) is 3.20. The number of halogens is 3. The molecule has 1 fully saturated rings. The van der Waals surface area contributed by atoms with Crippen LogP contribution in [0.3, 0.4) is 0 Å². The lowest BCUT2D eigenvalue weighted by Gasteiger charge is -2.28. The molecule has 1 aliphatic heterocycles. The number of hydrogen-bond acceptors (Lipinski definition) is 2. The molecule has 2 nitrogen and oxygen atoms in total. The van der Waals surface area contributed by atoms with Gasteiger partial charge in [-0.05, 0) is 12.1 Å². The fraction of sp³-hybridized carbons (Fsp3) is 0.364. The van der Waals surface area contributed by atoms with Gasteiger partial charge in [-0.15, -0.1) is 0 Å². The molecule has 1 saturated heterocycles. The average molecular weight is 262 g/mol. The Labute approximate surface area is 103 Å². The standard InChI is InChI=1S/C11H10Cl2FNO/c12-9-5-7(6-10(13)11(9)14)15-3-1-8(16)2-4-15/h5-6H,1-4H2. The molecule has 1 heterocycles. The van der Waals surface area contributed by atoms with Crippen LogP contribution in [0.2, 0.25) is 10.0 Å². The van der Waals surface area contributed by atoms with Gasteiger partial charge >= 0.3 is 0 Å². The largest absolute Gasteiger partial charge is 0.371 e. The van der Waals surface area contributed by atoms with Gasteiger partial charge in [0.05, 0.1) is 10.0 Å². The summed E-state index contributed by atoms with van der Waals surface area (Å²) in [4.78, 5) is 13.1. The van der Waals surface area contributed by atoms with Crippen LogP contribution in [0.4, 0.5) is 10.1 Å². The maximum absolute atomic E-state index is 13.2. The summed E-state index contributed by atoms with van der Waals surface area (Å²) in [6, 6.07) is 3.08. The molecule has 0 atom stereocenters. The number of benzene rings is 1. The Bertz CT molecular complexity index is 403. The molecule has 86 valence electrons. The summed E-state index contributed by atoms with van der Waals surface area (Å²) in [5, 5.41) is 0.0267. The van der Waals surface area contributed by atoms with Crippen LogP contribution in [-0.2, 0) is 4.79 Å². The van der Waals surface area contributed by atoms with E-state index in [-0.39, 0.29) is 15.8 Å². The lowest BCUT2D eigenvalue weighted by molar-refractivity contribution is -0.119. The van der Waals surface area contributed by atoms with Crippen molar-refractivity contribution in [2.45, 2.75) is 12.8 Å². The molecule has 0 aliphatic carbocycles. The van der Waals surface area contributed by atoms with Crippen molar-refractivity contribution in [3.63, 3.8) is 0 Å². The van der Waals surface area contributed by atoms with E-state index in [0.29, 0.717) is 25.9 Å². The molecular weight excluding hydrogens is 252 g/mol. The highest BCUT2D eigenvalue weighted by Crippen LogP contribution is 2.30. The van der Waals surface area contributed by atoms with E-state index < -0.39 is 5.82 Å². The van der Waals surface area contributed by atoms with Gasteiger partial charge in [-0.3, -0.25) is 4.79 Å². The number of anilines is 1. The van der Waals surface area contributed by atoms with Gasteiger partial charge in [0.2, 0.25) is 0 Å². The first kappa shape index (κ1) is 11.7. The summed E-state index contributed by atoms with van der Waals surface area (Å²) in [5.74, 6) is -0.337. The molecule has 0 radical (unpaired) electrons. The number of nitrogens with zero attached hydrogens (tertiary/aromatic N) is 1. The Hall–Kier alpha value is -0.800. The Kier molecular flexibility index (Phi) is 3.36. The van der Waals surface area contributed by atoms with Gasteiger partial charge in [0.15, 0.2) is 5.82 Å². The molecule has 0 saturated carbocycles. The van der Waals surface area contributed by atoms with E-state index in [1.807, 2.05) is 4.90 Å². The highest BCUT2D eigenvalue weighted by atomic mass is 35.5. The molecule has 0 spiro atoms. The second-order valence-corrected chi connectivity index (χ2v) is 4.56. The summed E-state index contributed by atoms with van der Waals surface area (Å²) >= 11 is 11.4. The van der Waals surface area contributed by atoms with Gasteiger partial charge in [-0.1, -0.05) is 23.2 Å². The van der Waals surface area contributed by atoms with Crippen LogP contribution in [-0.4, -0.2) is 18.9 Å². The molecule has 0 amide bonds. The summed E-state index contributed by atoms with van der Waals surface area (Å²) in [6.45, 7) is 1.27. The van der Waals surface area contributed by atoms with E-state index in [1.165, 1.54) is 0 Å². The molecule has 0 N–H and O–H groups in total. The van der Waals surface area contributed by atoms with Crippen molar-refractivity contribution in [1.82, 2.24) is 0 Å². The molecule has 0 aromatic heterocycles. The van der Waals surface area contributed by atoms with Crippen molar-refractivity contribution in [3.05, 3.63) is 28.0 Å². The van der Waals surface area contributed by atoms with Crippen LogP contribution >= 0.6 is 23.2 Å². The van der Waals surface area contributed by atoms with Crippen LogP contribution in [0.15, 0.2) is 12.1 Å². The predicted molar refractivity (Wildman–Crippen MR) is 62.9 cm³/mol. The first-order valence-corrected chi connectivity index (χ1v) is 5.74. The summed E-state index contributed by atoms with van der Waals surface area (Å²) in [6.07, 6.45) is 1.04. The zero-order chi connectivity index (χ0) is 11.7. The Morgan fingerprint density at radius 1 is 1.12 bits per heavy atom. The third kappa shape index (κ3) is 2.30. The lowest BCUT2D eigenvalue weighted by atomic mass is 10.1. The van der Waals surface area contributed by atoms with Crippen molar-refractivity contribution in [2.75, 3.05) is 18.0 Å². The van der Waals surface area contributed by atoms with E-state index in [9.17, 15) is 9.18 Å². The van der Waals surface area contributed by atoms with Gasteiger partial charge in [-0.25, -0.2) is 4.39 Å². The minimum atomic E-state index is -0.597. The number of carbonyl (C=O) groups excluding carboxylic acids is 1. The number of Topliss-reactive ketones (excluding diaryl/α,β-unsaturated/α-hetero) is 1. The number of rotatable bonds is 1. The summed E-state index contributed by atoms with van der Waals surface area (Å²) in [5.41, 5.74) is 0.768. The normalized spacial score (nSPS) is 16.7. The zero-order valence-corrected chi connectivity index (χ0v) is 9.98.